The van der Waals surface area contributed by atoms with Crippen LogP contribution in [0.3, 0.4) is 0 Å². The van der Waals surface area contributed by atoms with Crippen LogP contribution in [0, 0.1) is 10.8 Å². The summed E-state index contributed by atoms with van der Waals surface area (Å²) in [5, 5.41) is 0. The van der Waals surface area contributed by atoms with Gasteiger partial charge < -0.3 is 4.43 Å². The lowest BCUT2D eigenvalue weighted by molar-refractivity contribution is 0.227. The van der Waals surface area contributed by atoms with E-state index in [-0.39, 0.29) is 0 Å². The van der Waals surface area contributed by atoms with E-state index >= 15 is 0 Å². The van der Waals surface area contributed by atoms with Gasteiger partial charge in [0.05, 0.1) is 0 Å². The summed E-state index contributed by atoms with van der Waals surface area (Å²) in [5.41, 5.74) is 1.44. The lowest BCUT2D eigenvalue weighted by atomic mass is 9.80. The Morgan fingerprint density at radius 3 is 1.69 bits per heavy atom. The Bertz CT molecular complexity index is 208. The maximum atomic E-state index is 6.10. The second kappa shape index (κ2) is 5.22. The first-order valence-electron chi connectivity index (χ1n) is 6.54. The van der Waals surface area contributed by atoms with Crippen molar-refractivity contribution in [2.45, 2.75) is 73.5 Å². The largest absolute Gasteiger partial charge is 0.417 e. The molecule has 0 amide bonds. The van der Waals surface area contributed by atoms with E-state index < -0.39 is 8.32 Å². The number of hydrogen-bond donors (Lipinski definition) is 0. The van der Waals surface area contributed by atoms with Crippen molar-refractivity contribution in [2.75, 3.05) is 6.61 Å². The highest BCUT2D eigenvalue weighted by Crippen LogP contribution is 2.46. The minimum absolute atomic E-state index is 0.345. The Balaban J connectivity index is 4.96. The zero-order valence-electron chi connectivity index (χ0n) is 12.9. The second-order valence-corrected chi connectivity index (χ2v) is 11.9. The van der Waals surface area contributed by atoms with E-state index in [2.05, 4.69) is 61.6 Å². The molecule has 0 aromatic carbocycles. The molecule has 16 heavy (non-hydrogen) atoms. The van der Waals surface area contributed by atoms with Crippen molar-refractivity contribution in [3.8, 4) is 0 Å². The van der Waals surface area contributed by atoms with Gasteiger partial charge in [-0.2, -0.15) is 0 Å². The highest BCUT2D eigenvalue weighted by molar-refractivity contribution is 6.72. The third-order valence-corrected chi connectivity index (χ3v) is 7.00. The van der Waals surface area contributed by atoms with E-state index in [0.29, 0.717) is 16.4 Å². The van der Waals surface area contributed by atoms with E-state index in [1.54, 1.807) is 0 Å². The fraction of sp³-hybridized carbons (Fsp3) is 1.00. The summed E-state index contributed by atoms with van der Waals surface area (Å²) in [6.07, 6.45) is 1.26. The van der Waals surface area contributed by atoms with Gasteiger partial charge in [-0.25, -0.2) is 0 Å². The number of hydrogen-bond acceptors (Lipinski definition) is 1. The molecule has 0 saturated carbocycles. The molecule has 0 aromatic heterocycles. The summed E-state index contributed by atoms with van der Waals surface area (Å²) in [4.78, 5) is 0. The molecule has 0 N–H and O–H groups in total. The van der Waals surface area contributed by atoms with Gasteiger partial charge in [0.15, 0.2) is 8.32 Å². The van der Waals surface area contributed by atoms with E-state index in [4.69, 9.17) is 4.43 Å². The fourth-order valence-corrected chi connectivity index (χ4v) is 6.81. The lowest BCUT2D eigenvalue weighted by Crippen LogP contribution is -2.44. The van der Waals surface area contributed by atoms with Crippen molar-refractivity contribution in [1.29, 1.82) is 0 Å². The van der Waals surface area contributed by atoms with Crippen LogP contribution < -0.4 is 0 Å². The minimum atomic E-state index is -1.58. The van der Waals surface area contributed by atoms with Gasteiger partial charge in [0.1, 0.15) is 0 Å². The molecule has 0 radical (unpaired) electrons. The molecule has 2 heteroatoms. The molecule has 98 valence electrons. The SMILES string of the molecule is CCO[Si](C)(C)C(CC(C)(C)C)C(C)(C)C. The normalized spacial score (nSPS) is 16.3. The molecule has 1 nitrogen and oxygen atoms in total. The van der Waals surface area contributed by atoms with Crippen LogP contribution in [0.25, 0.3) is 0 Å². The summed E-state index contributed by atoms with van der Waals surface area (Å²) >= 11 is 0. The van der Waals surface area contributed by atoms with Crippen molar-refractivity contribution >= 4 is 8.32 Å². The van der Waals surface area contributed by atoms with Crippen LogP contribution in [0.15, 0.2) is 0 Å². The third-order valence-electron chi connectivity index (χ3n) is 3.22. The molecule has 0 fully saturated rings. The molecule has 0 bridgehead atoms. The summed E-state index contributed by atoms with van der Waals surface area (Å²) in [6, 6.07) is 0. The Morgan fingerprint density at radius 2 is 1.44 bits per heavy atom. The van der Waals surface area contributed by atoms with Crippen LogP contribution in [0.5, 0.6) is 0 Å². The van der Waals surface area contributed by atoms with Gasteiger partial charge >= 0.3 is 0 Å². The Kier molecular flexibility index (Phi) is 5.28. The zero-order valence-corrected chi connectivity index (χ0v) is 13.9. The Labute approximate surface area is 104 Å². The third kappa shape index (κ3) is 5.49. The van der Waals surface area contributed by atoms with E-state index in [1.807, 2.05) is 0 Å². The molecule has 0 spiro atoms. The molecular formula is C14H32OSi. The molecule has 0 saturated heterocycles. The van der Waals surface area contributed by atoms with Crippen molar-refractivity contribution in [3.05, 3.63) is 0 Å². The molecule has 0 aliphatic heterocycles. The smallest absolute Gasteiger partial charge is 0.190 e. The summed E-state index contributed by atoms with van der Waals surface area (Å²) < 4.78 is 6.10. The van der Waals surface area contributed by atoms with E-state index in [9.17, 15) is 0 Å². The van der Waals surface area contributed by atoms with Crippen LogP contribution in [-0.4, -0.2) is 14.9 Å². The molecule has 0 heterocycles. The Morgan fingerprint density at radius 1 is 1.00 bits per heavy atom. The molecular weight excluding hydrogens is 212 g/mol. The minimum Gasteiger partial charge on any atom is -0.417 e. The number of rotatable bonds is 4. The Hall–Kier alpha value is 0.177. The van der Waals surface area contributed by atoms with Crippen LogP contribution >= 0.6 is 0 Å². The second-order valence-electron chi connectivity index (χ2n) is 7.72. The van der Waals surface area contributed by atoms with Crippen LogP contribution in [0.2, 0.25) is 18.6 Å². The summed E-state index contributed by atoms with van der Waals surface area (Å²) in [7, 11) is -1.58. The molecule has 0 aromatic rings. The summed E-state index contributed by atoms with van der Waals surface area (Å²) in [6.45, 7) is 21.8. The molecule has 0 rings (SSSR count). The van der Waals surface area contributed by atoms with Gasteiger partial charge in [-0.15, -0.1) is 0 Å². The van der Waals surface area contributed by atoms with Gasteiger partial charge in [-0.3, -0.25) is 0 Å². The lowest BCUT2D eigenvalue weighted by Gasteiger charge is -2.44. The van der Waals surface area contributed by atoms with Gasteiger partial charge in [0, 0.05) is 6.61 Å². The first-order chi connectivity index (χ1) is 6.90. The highest BCUT2D eigenvalue weighted by atomic mass is 28.4. The monoisotopic (exact) mass is 244 g/mol. The average Bonchev–Trinajstić information content (AvgIpc) is 1.96. The van der Waals surface area contributed by atoms with Crippen molar-refractivity contribution in [2.24, 2.45) is 10.8 Å². The topological polar surface area (TPSA) is 9.23 Å². The van der Waals surface area contributed by atoms with E-state index in [1.165, 1.54) is 6.42 Å². The van der Waals surface area contributed by atoms with Crippen molar-refractivity contribution < 1.29 is 4.43 Å². The quantitative estimate of drug-likeness (QED) is 0.627. The molecule has 1 atom stereocenters. The molecule has 0 aliphatic carbocycles. The highest BCUT2D eigenvalue weighted by Gasteiger charge is 2.42. The molecule has 1 unspecified atom stereocenters. The fourth-order valence-electron chi connectivity index (χ4n) is 2.68. The van der Waals surface area contributed by atoms with Crippen molar-refractivity contribution in [3.63, 3.8) is 0 Å². The maximum absolute atomic E-state index is 6.10. The predicted octanol–water partition coefficient (Wildman–Crippen LogP) is 5.08. The predicted molar refractivity (Wildman–Crippen MR) is 76.4 cm³/mol. The average molecular weight is 244 g/mol. The maximum Gasteiger partial charge on any atom is 0.190 e. The molecule has 0 aliphatic rings. The van der Waals surface area contributed by atoms with Gasteiger partial charge in [-0.05, 0) is 42.8 Å². The van der Waals surface area contributed by atoms with Crippen molar-refractivity contribution in [1.82, 2.24) is 0 Å². The van der Waals surface area contributed by atoms with Gasteiger partial charge in [0.25, 0.3) is 0 Å². The van der Waals surface area contributed by atoms with Crippen LogP contribution in [0.4, 0.5) is 0 Å². The van der Waals surface area contributed by atoms with Crippen LogP contribution in [-0.2, 0) is 4.43 Å². The van der Waals surface area contributed by atoms with Gasteiger partial charge in [0.2, 0.25) is 0 Å². The standard InChI is InChI=1S/C14H32OSi/c1-10-15-16(8,9)12(14(5,6)7)11-13(2,3)4/h12H,10-11H2,1-9H3. The van der Waals surface area contributed by atoms with Crippen LogP contribution in [0.1, 0.15) is 54.9 Å². The first-order valence-corrected chi connectivity index (χ1v) is 9.52. The zero-order chi connectivity index (χ0) is 13.2. The first kappa shape index (κ1) is 16.2. The van der Waals surface area contributed by atoms with Gasteiger partial charge in [-0.1, -0.05) is 41.5 Å². The summed E-state index contributed by atoms with van der Waals surface area (Å²) in [5.74, 6) is 0. The van der Waals surface area contributed by atoms with E-state index in [0.717, 1.165) is 6.61 Å².